The van der Waals surface area contributed by atoms with Crippen LogP contribution >= 0.6 is 0 Å². The van der Waals surface area contributed by atoms with E-state index in [4.69, 9.17) is 26.5 Å². The molecule has 8 heteroatoms. The van der Waals surface area contributed by atoms with E-state index in [1.54, 1.807) is 0 Å². The van der Waals surface area contributed by atoms with Crippen LogP contribution in [0.2, 0.25) is 0 Å². The molecule has 4 rings (SSSR count). The van der Waals surface area contributed by atoms with E-state index in [2.05, 4.69) is 38.3 Å². The van der Waals surface area contributed by atoms with Crippen LogP contribution in [0.3, 0.4) is 0 Å². The molecule has 172 valence electrons. The summed E-state index contributed by atoms with van der Waals surface area (Å²) >= 11 is 0. The minimum Gasteiger partial charge on any atom is -0.398 e. The molecular weight excluding hydrogens is 400 g/mol. The first-order valence-corrected chi connectivity index (χ1v) is 11.7. The maximum Gasteiger partial charge on any atom is 0.225 e. The second kappa shape index (κ2) is 9.32. The summed E-state index contributed by atoms with van der Waals surface area (Å²) in [4.78, 5) is 9.85. The molecule has 3 aromatic rings. The van der Waals surface area contributed by atoms with Gasteiger partial charge in [0, 0.05) is 30.4 Å². The highest BCUT2D eigenvalue weighted by Crippen LogP contribution is 2.32. The van der Waals surface area contributed by atoms with Crippen molar-refractivity contribution in [3.05, 3.63) is 35.5 Å². The van der Waals surface area contributed by atoms with Crippen molar-refractivity contribution in [1.29, 1.82) is 0 Å². The Morgan fingerprint density at radius 3 is 2.44 bits per heavy atom. The zero-order valence-corrected chi connectivity index (χ0v) is 19.6. The number of nitrogens with one attached hydrogen (secondary N) is 2. The molecule has 0 spiro atoms. The van der Waals surface area contributed by atoms with Gasteiger partial charge in [-0.05, 0) is 57.1 Å². The van der Waals surface area contributed by atoms with Crippen molar-refractivity contribution in [2.75, 3.05) is 16.4 Å². The van der Waals surface area contributed by atoms with E-state index in [-0.39, 0.29) is 12.0 Å². The molecule has 2 aromatic heterocycles. The van der Waals surface area contributed by atoms with Crippen molar-refractivity contribution >= 4 is 28.5 Å². The van der Waals surface area contributed by atoms with Crippen LogP contribution in [-0.4, -0.2) is 31.8 Å². The SMILES string of the molecule is CC(C)c1nn(C(C)C)c2c(NCc3ccccc3N)nc(NC3CCC(N)CC3)nc12. The lowest BCUT2D eigenvalue weighted by molar-refractivity contribution is 0.410. The van der Waals surface area contributed by atoms with Crippen LogP contribution < -0.4 is 22.1 Å². The molecule has 0 aliphatic heterocycles. The minimum atomic E-state index is 0.189. The predicted molar refractivity (Wildman–Crippen MR) is 132 cm³/mol. The third-order valence-corrected chi connectivity index (χ3v) is 6.21. The zero-order chi connectivity index (χ0) is 22.8. The van der Waals surface area contributed by atoms with E-state index in [9.17, 15) is 0 Å². The van der Waals surface area contributed by atoms with Crippen molar-refractivity contribution in [2.45, 2.75) is 84.0 Å². The largest absolute Gasteiger partial charge is 0.398 e. The van der Waals surface area contributed by atoms with Gasteiger partial charge in [-0.15, -0.1) is 0 Å². The normalized spacial score (nSPS) is 19.1. The number of benzene rings is 1. The van der Waals surface area contributed by atoms with Crippen LogP contribution in [0.15, 0.2) is 24.3 Å². The Morgan fingerprint density at radius 2 is 1.78 bits per heavy atom. The molecule has 1 fully saturated rings. The Labute approximate surface area is 190 Å². The van der Waals surface area contributed by atoms with Gasteiger partial charge in [0.15, 0.2) is 5.82 Å². The fourth-order valence-corrected chi connectivity index (χ4v) is 4.33. The summed E-state index contributed by atoms with van der Waals surface area (Å²) in [5, 5.41) is 12.0. The van der Waals surface area contributed by atoms with Gasteiger partial charge in [-0.25, -0.2) is 4.98 Å². The highest BCUT2D eigenvalue weighted by molar-refractivity contribution is 5.89. The summed E-state index contributed by atoms with van der Waals surface area (Å²) in [6.07, 6.45) is 4.13. The quantitative estimate of drug-likeness (QED) is 0.405. The first-order chi connectivity index (χ1) is 15.3. The van der Waals surface area contributed by atoms with Crippen LogP contribution in [0, 0.1) is 0 Å². The molecule has 0 unspecified atom stereocenters. The van der Waals surface area contributed by atoms with E-state index in [1.807, 2.05) is 28.9 Å². The Bertz CT molecular complexity index is 1060. The van der Waals surface area contributed by atoms with Gasteiger partial charge in [0.05, 0.1) is 5.69 Å². The van der Waals surface area contributed by atoms with Gasteiger partial charge in [-0.3, -0.25) is 4.68 Å². The van der Waals surface area contributed by atoms with E-state index < -0.39 is 0 Å². The number of fused-ring (bicyclic) bond motifs is 1. The van der Waals surface area contributed by atoms with E-state index in [0.29, 0.717) is 24.6 Å². The average molecular weight is 437 g/mol. The fourth-order valence-electron chi connectivity index (χ4n) is 4.33. The minimum absolute atomic E-state index is 0.189. The number of nitrogens with two attached hydrogens (primary N) is 2. The van der Waals surface area contributed by atoms with Crippen molar-refractivity contribution < 1.29 is 0 Å². The Hall–Kier alpha value is -2.87. The molecule has 0 bridgehead atoms. The Morgan fingerprint density at radius 1 is 1.06 bits per heavy atom. The number of para-hydroxylation sites is 1. The van der Waals surface area contributed by atoms with Gasteiger partial charge in [-0.2, -0.15) is 10.1 Å². The van der Waals surface area contributed by atoms with Crippen molar-refractivity contribution in [2.24, 2.45) is 5.73 Å². The molecule has 32 heavy (non-hydrogen) atoms. The molecule has 0 atom stereocenters. The lowest BCUT2D eigenvalue weighted by Crippen LogP contribution is -2.33. The maximum atomic E-state index is 6.17. The second-order valence-electron chi connectivity index (χ2n) is 9.48. The number of hydrogen-bond donors (Lipinski definition) is 4. The summed E-state index contributed by atoms with van der Waals surface area (Å²) in [5.74, 6) is 1.68. The number of rotatable bonds is 7. The summed E-state index contributed by atoms with van der Waals surface area (Å²) < 4.78 is 2.03. The molecule has 1 saturated carbocycles. The third-order valence-electron chi connectivity index (χ3n) is 6.21. The molecule has 6 N–H and O–H groups in total. The van der Waals surface area contributed by atoms with Crippen molar-refractivity contribution in [3.8, 4) is 0 Å². The molecule has 0 saturated heterocycles. The average Bonchev–Trinajstić information content (AvgIpc) is 3.15. The van der Waals surface area contributed by atoms with Gasteiger partial charge < -0.3 is 22.1 Å². The summed E-state index contributed by atoms with van der Waals surface area (Å²) in [7, 11) is 0. The van der Waals surface area contributed by atoms with Crippen LogP contribution in [-0.2, 0) is 6.54 Å². The zero-order valence-electron chi connectivity index (χ0n) is 19.6. The highest BCUT2D eigenvalue weighted by atomic mass is 15.3. The van der Waals surface area contributed by atoms with Crippen LogP contribution in [0.5, 0.6) is 0 Å². The molecule has 2 heterocycles. The topological polar surface area (TPSA) is 120 Å². The van der Waals surface area contributed by atoms with Gasteiger partial charge in [0.2, 0.25) is 5.95 Å². The van der Waals surface area contributed by atoms with Crippen LogP contribution in [0.25, 0.3) is 11.0 Å². The third kappa shape index (κ3) is 4.65. The lowest BCUT2D eigenvalue weighted by atomic mass is 9.92. The molecule has 0 amide bonds. The van der Waals surface area contributed by atoms with Gasteiger partial charge in [0.1, 0.15) is 11.0 Å². The first-order valence-electron chi connectivity index (χ1n) is 11.7. The molecule has 1 aliphatic rings. The Kier molecular flexibility index (Phi) is 6.50. The van der Waals surface area contributed by atoms with Gasteiger partial charge in [-0.1, -0.05) is 32.0 Å². The molecule has 1 aliphatic carbocycles. The van der Waals surface area contributed by atoms with E-state index in [1.165, 1.54) is 0 Å². The molecular formula is C24H36N8. The number of aromatic nitrogens is 4. The number of nitrogen functional groups attached to an aromatic ring is 1. The van der Waals surface area contributed by atoms with Gasteiger partial charge >= 0.3 is 0 Å². The van der Waals surface area contributed by atoms with E-state index in [0.717, 1.165) is 59.5 Å². The summed E-state index contributed by atoms with van der Waals surface area (Å²) in [5.41, 5.74) is 16.9. The lowest BCUT2D eigenvalue weighted by Gasteiger charge is -2.27. The maximum absolute atomic E-state index is 6.17. The van der Waals surface area contributed by atoms with Crippen LogP contribution in [0.1, 0.15) is 76.6 Å². The molecule has 8 nitrogen and oxygen atoms in total. The number of nitrogens with zero attached hydrogens (tertiary/aromatic N) is 4. The van der Waals surface area contributed by atoms with Gasteiger partial charge in [0.25, 0.3) is 0 Å². The monoisotopic (exact) mass is 436 g/mol. The number of anilines is 3. The standard InChI is InChI=1S/C24H36N8/c1-14(2)20-21-22(32(31-20)15(3)4)23(27-13-16-7-5-6-8-19(16)26)30-24(29-21)28-18-11-9-17(25)10-12-18/h5-8,14-15,17-18H,9-13,25-26H2,1-4H3,(H2,27,28,29,30). The highest BCUT2D eigenvalue weighted by Gasteiger charge is 2.24. The van der Waals surface area contributed by atoms with Crippen molar-refractivity contribution in [3.63, 3.8) is 0 Å². The second-order valence-corrected chi connectivity index (χ2v) is 9.48. The van der Waals surface area contributed by atoms with E-state index >= 15 is 0 Å². The fraction of sp³-hybridized carbons (Fsp3) is 0.542. The molecule has 1 aromatic carbocycles. The van der Waals surface area contributed by atoms with Crippen LogP contribution in [0.4, 0.5) is 17.5 Å². The summed E-state index contributed by atoms with van der Waals surface area (Å²) in [6, 6.07) is 8.73. The van der Waals surface area contributed by atoms with Crippen molar-refractivity contribution in [1.82, 2.24) is 19.7 Å². The first kappa shape index (κ1) is 22.3. The predicted octanol–water partition coefficient (Wildman–Crippen LogP) is 4.41. The summed E-state index contributed by atoms with van der Waals surface area (Å²) in [6.45, 7) is 9.15. The smallest absolute Gasteiger partial charge is 0.225 e. The number of hydrogen-bond acceptors (Lipinski definition) is 7. The molecule has 0 radical (unpaired) electrons. The Balaban J connectivity index is 1.74.